The highest BCUT2D eigenvalue weighted by molar-refractivity contribution is 6.03. The first-order chi connectivity index (χ1) is 14.6. The van der Waals surface area contributed by atoms with Crippen LogP contribution in [0.3, 0.4) is 0 Å². The molecule has 0 spiro atoms. The molecule has 7 nitrogen and oxygen atoms in total. The number of hydrogen-bond acceptors (Lipinski definition) is 6. The van der Waals surface area contributed by atoms with Crippen LogP contribution in [0.5, 0.6) is 11.6 Å². The van der Waals surface area contributed by atoms with Crippen LogP contribution in [0.1, 0.15) is 65.7 Å². The fourth-order valence-electron chi connectivity index (χ4n) is 3.49. The van der Waals surface area contributed by atoms with Gasteiger partial charge in [-0.1, -0.05) is 26.0 Å². The van der Waals surface area contributed by atoms with Crippen molar-refractivity contribution in [1.82, 2.24) is 4.57 Å². The SMILES string of the molecule is COCCCn1c(O)c(C(=O)C(C)Oc2cc(C)ccc2C(C)C)c(C)c(C#N)c1=O. The van der Waals surface area contributed by atoms with Gasteiger partial charge in [-0.3, -0.25) is 14.2 Å². The highest BCUT2D eigenvalue weighted by Gasteiger charge is 2.28. The minimum atomic E-state index is -0.930. The Bertz CT molecular complexity index is 1060. The molecule has 0 aliphatic heterocycles. The molecule has 1 aromatic heterocycles. The Morgan fingerprint density at radius 3 is 2.52 bits per heavy atom. The van der Waals surface area contributed by atoms with E-state index in [0.717, 1.165) is 15.7 Å². The summed E-state index contributed by atoms with van der Waals surface area (Å²) in [6, 6.07) is 7.70. The predicted octanol–water partition coefficient (Wildman–Crippen LogP) is 3.85. The molecule has 0 saturated carbocycles. The molecule has 7 heteroatoms. The van der Waals surface area contributed by atoms with Crippen LogP contribution >= 0.6 is 0 Å². The Kier molecular flexibility index (Phi) is 8.01. The first-order valence-electron chi connectivity index (χ1n) is 10.3. The molecule has 0 aliphatic rings. The summed E-state index contributed by atoms with van der Waals surface area (Å²) in [6.45, 7) is 9.60. The lowest BCUT2D eigenvalue weighted by Crippen LogP contribution is -2.31. The van der Waals surface area contributed by atoms with Gasteiger partial charge < -0.3 is 14.6 Å². The van der Waals surface area contributed by atoms with E-state index in [9.17, 15) is 20.0 Å². The van der Waals surface area contributed by atoms with Gasteiger partial charge in [0, 0.05) is 20.3 Å². The van der Waals surface area contributed by atoms with Crippen LogP contribution in [0, 0.1) is 25.2 Å². The number of Topliss-reactive ketones (excluding diaryl/α,β-unsaturated/α-hetero) is 1. The van der Waals surface area contributed by atoms with Gasteiger partial charge in [-0.2, -0.15) is 5.26 Å². The van der Waals surface area contributed by atoms with Crippen LogP contribution in [0.4, 0.5) is 0 Å². The van der Waals surface area contributed by atoms with Gasteiger partial charge in [0.15, 0.2) is 6.10 Å². The number of rotatable bonds is 9. The number of ketones is 1. The number of nitriles is 1. The fourth-order valence-corrected chi connectivity index (χ4v) is 3.49. The number of carbonyl (C=O) groups is 1. The largest absolute Gasteiger partial charge is 0.494 e. The number of carbonyl (C=O) groups excluding carboxylic acids is 1. The van der Waals surface area contributed by atoms with Crippen molar-refractivity contribution >= 4 is 5.78 Å². The summed E-state index contributed by atoms with van der Waals surface area (Å²) in [4.78, 5) is 25.9. The maximum atomic E-state index is 13.3. The molecule has 1 aromatic carbocycles. The molecule has 0 bridgehead atoms. The minimum Gasteiger partial charge on any atom is -0.494 e. The summed E-state index contributed by atoms with van der Waals surface area (Å²) in [5, 5.41) is 20.3. The number of ether oxygens (including phenoxy) is 2. The van der Waals surface area contributed by atoms with Crippen molar-refractivity contribution in [2.24, 2.45) is 0 Å². The van der Waals surface area contributed by atoms with Crippen LogP contribution in [0.25, 0.3) is 0 Å². The molecule has 0 fully saturated rings. The maximum absolute atomic E-state index is 13.3. The van der Waals surface area contributed by atoms with E-state index in [4.69, 9.17) is 9.47 Å². The third-order valence-corrected chi connectivity index (χ3v) is 5.24. The van der Waals surface area contributed by atoms with Crippen molar-refractivity contribution in [3.63, 3.8) is 0 Å². The first kappa shape index (κ1) is 24.2. The first-order valence-corrected chi connectivity index (χ1v) is 10.3. The monoisotopic (exact) mass is 426 g/mol. The Hall–Kier alpha value is -3.11. The van der Waals surface area contributed by atoms with Gasteiger partial charge in [-0.25, -0.2) is 0 Å². The van der Waals surface area contributed by atoms with Gasteiger partial charge in [0.2, 0.25) is 11.7 Å². The normalized spacial score (nSPS) is 11.9. The molecule has 2 aromatic rings. The molecular formula is C24H30N2O5. The zero-order valence-corrected chi connectivity index (χ0v) is 19.0. The van der Waals surface area contributed by atoms with Crippen molar-refractivity contribution in [1.29, 1.82) is 5.26 Å². The average molecular weight is 427 g/mol. The zero-order valence-electron chi connectivity index (χ0n) is 19.0. The van der Waals surface area contributed by atoms with Gasteiger partial charge in [-0.15, -0.1) is 0 Å². The molecule has 0 radical (unpaired) electrons. The lowest BCUT2D eigenvalue weighted by atomic mass is 9.98. The highest BCUT2D eigenvalue weighted by atomic mass is 16.5. The van der Waals surface area contributed by atoms with Gasteiger partial charge in [0.05, 0.1) is 5.56 Å². The second kappa shape index (κ2) is 10.3. The molecule has 0 saturated heterocycles. The number of aromatic hydroxyl groups is 1. The highest BCUT2D eigenvalue weighted by Crippen LogP contribution is 2.30. The van der Waals surface area contributed by atoms with Gasteiger partial charge in [0.1, 0.15) is 17.4 Å². The molecule has 2 rings (SSSR count). The Morgan fingerprint density at radius 1 is 1.26 bits per heavy atom. The topological polar surface area (TPSA) is 102 Å². The van der Waals surface area contributed by atoms with Gasteiger partial charge in [0.25, 0.3) is 5.56 Å². The molecule has 0 amide bonds. The van der Waals surface area contributed by atoms with Crippen molar-refractivity contribution in [2.45, 2.75) is 59.6 Å². The summed E-state index contributed by atoms with van der Waals surface area (Å²) in [7, 11) is 1.53. The zero-order chi connectivity index (χ0) is 23.3. The number of nitrogens with zero attached hydrogens (tertiary/aromatic N) is 2. The van der Waals surface area contributed by atoms with Crippen LogP contribution in [-0.2, 0) is 11.3 Å². The number of benzene rings is 1. The lowest BCUT2D eigenvalue weighted by molar-refractivity contribution is 0.0810. The predicted molar refractivity (Wildman–Crippen MR) is 118 cm³/mol. The molecule has 1 heterocycles. The number of methoxy groups -OCH3 is 1. The maximum Gasteiger partial charge on any atom is 0.271 e. The molecule has 166 valence electrons. The van der Waals surface area contributed by atoms with Crippen molar-refractivity contribution in [3.05, 3.63) is 56.4 Å². The van der Waals surface area contributed by atoms with E-state index in [1.54, 1.807) is 6.92 Å². The number of aryl methyl sites for hydroxylation is 1. The van der Waals surface area contributed by atoms with Crippen molar-refractivity contribution in [3.8, 4) is 17.7 Å². The van der Waals surface area contributed by atoms with E-state index in [0.29, 0.717) is 18.8 Å². The molecule has 1 N–H and O–H groups in total. The Morgan fingerprint density at radius 2 is 1.94 bits per heavy atom. The third kappa shape index (κ3) is 5.15. The average Bonchev–Trinajstić information content (AvgIpc) is 2.70. The van der Waals surface area contributed by atoms with E-state index in [-0.39, 0.29) is 29.2 Å². The van der Waals surface area contributed by atoms with Gasteiger partial charge >= 0.3 is 0 Å². The van der Waals surface area contributed by atoms with Crippen molar-refractivity contribution in [2.75, 3.05) is 13.7 Å². The van der Waals surface area contributed by atoms with Crippen LogP contribution in [0.2, 0.25) is 0 Å². The van der Waals surface area contributed by atoms with Crippen LogP contribution < -0.4 is 10.3 Å². The fraction of sp³-hybridized carbons (Fsp3) is 0.458. The van der Waals surface area contributed by atoms with Gasteiger partial charge in [-0.05, 0) is 55.9 Å². The minimum absolute atomic E-state index is 0.0696. The standard InChI is InChI=1S/C24H30N2O5/c1-14(2)18-9-8-15(3)12-20(18)31-17(5)22(27)21-16(4)19(13-25)23(28)26(24(21)29)10-7-11-30-6/h8-9,12,14,17,29H,7,10-11H2,1-6H3. The Balaban J connectivity index is 2.49. The number of pyridine rings is 1. The van der Waals surface area contributed by atoms with E-state index in [1.807, 2.05) is 45.0 Å². The summed E-state index contributed by atoms with van der Waals surface area (Å²) in [5.74, 6) is -0.155. The lowest BCUT2D eigenvalue weighted by Gasteiger charge is -2.21. The summed E-state index contributed by atoms with van der Waals surface area (Å²) in [6.07, 6.45) is -0.487. The van der Waals surface area contributed by atoms with Crippen molar-refractivity contribution < 1.29 is 19.4 Å². The number of aromatic nitrogens is 1. The summed E-state index contributed by atoms with van der Waals surface area (Å²) >= 11 is 0. The smallest absolute Gasteiger partial charge is 0.271 e. The van der Waals surface area contributed by atoms with E-state index in [1.165, 1.54) is 14.0 Å². The van der Waals surface area contributed by atoms with E-state index >= 15 is 0 Å². The third-order valence-electron chi connectivity index (χ3n) is 5.24. The molecule has 0 aliphatic carbocycles. The number of hydrogen-bond donors (Lipinski definition) is 1. The van der Waals surface area contributed by atoms with E-state index < -0.39 is 23.3 Å². The van der Waals surface area contributed by atoms with E-state index in [2.05, 4.69) is 0 Å². The summed E-state index contributed by atoms with van der Waals surface area (Å²) in [5.41, 5.74) is 1.26. The molecular weight excluding hydrogens is 396 g/mol. The summed E-state index contributed by atoms with van der Waals surface area (Å²) < 4.78 is 12.1. The second-order valence-electron chi connectivity index (χ2n) is 7.93. The van der Waals surface area contributed by atoms with Crippen LogP contribution in [-0.4, -0.2) is 35.3 Å². The molecule has 1 atom stereocenters. The Labute approximate surface area is 182 Å². The quantitative estimate of drug-likeness (QED) is 0.483. The molecule has 31 heavy (non-hydrogen) atoms. The molecule has 1 unspecified atom stereocenters. The van der Waals surface area contributed by atoms with Crippen LogP contribution in [0.15, 0.2) is 23.0 Å². The second-order valence-corrected chi connectivity index (χ2v) is 7.93.